The number of furan rings is 1. The summed E-state index contributed by atoms with van der Waals surface area (Å²) in [4.78, 5) is 12.0. The summed E-state index contributed by atoms with van der Waals surface area (Å²) in [6.07, 6.45) is 3.21. The molecule has 1 heterocycles. The highest BCUT2D eigenvalue weighted by atomic mass is 32.2. The largest absolute Gasteiger partial charge is 0.463 e. The van der Waals surface area contributed by atoms with Crippen molar-refractivity contribution in [3.05, 3.63) is 23.7 Å². The number of carbonyl (C=O) groups excluding carboxylic acids is 1. The summed E-state index contributed by atoms with van der Waals surface area (Å²) in [5, 5.41) is 16.8. The Kier molecular flexibility index (Phi) is 5.81. The van der Waals surface area contributed by atoms with Gasteiger partial charge in [-0.1, -0.05) is 6.92 Å². The summed E-state index contributed by atoms with van der Waals surface area (Å²) in [6, 6.07) is 3.54. The number of rotatable bonds is 6. The summed E-state index contributed by atoms with van der Waals surface area (Å²) in [5.41, 5.74) is -1.21. The van der Waals surface area contributed by atoms with Crippen molar-refractivity contribution in [3.63, 3.8) is 0 Å². The topological polar surface area (TPSA) is 74.5 Å². The molecule has 1 aliphatic rings. The second-order valence-corrected chi connectivity index (χ2v) is 7.68. The average molecular weight is 326 g/mol. The van der Waals surface area contributed by atoms with Crippen LogP contribution >= 0.6 is 11.8 Å². The van der Waals surface area contributed by atoms with Crippen LogP contribution in [0.15, 0.2) is 16.5 Å². The molecule has 5 nitrogen and oxygen atoms in total. The Labute approximate surface area is 136 Å². The Balaban J connectivity index is 1.76. The van der Waals surface area contributed by atoms with Crippen molar-refractivity contribution in [1.29, 1.82) is 0 Å². The summed E-state index contributed by atoms with van der Waals surface area (Å²) < 4.78 is 5.43. The highest BCUT2D eigenvalue weighted by Crippen LogP contribution is 2.29. The Hall–Kier alpha value is -1.14. The first-order valence-electron chi connectivity index (χ1n) is 7.86. The number of aliphatic hydroxyl groups is 1. The van der Waals surface area contributed by atoms with Crippen LogP contribution in [0.25, 0.3) is 0 Å². The number of urea groups is 1. The molecule has 3 atom stereocenters. The van der Waals surface area contributed by atoms with Crippen LogP contribution in [0.2, 0.25) is 0 Å². The van der Waals surface area contributed by atoms with Crippen LogP contribution in [0.4, 0.5) is 4.79 Å². The zero-order valence-corrected chi connectivity index (χ0v) is 14.3. The third-order valence-corrected chi connectivity index (χ3v) is 5.22. The number of nitrogens with one attached hydrogen (secondary N) is 2. The van der Waals surface area contributed by atoms with Gasteiger partial charge in [0.15, 0.2) is 0 Å². The molecule has 1 aliphatic carbocycles. The van der Waals surface area contributed by atoms with Gasteiger partial charge < -0.3 is 20.2 Å². The lowest BCUT2D eigenvalue weighted by atomic mass is 10.0. The van der Waals surface area contributed by atoms with Gasteiger partial charge in [0.05, 0.1) is 6.54 Å². The lowest BCUT2D eigenvalue weighted by Crippen LogP contribution is -2.46. The molecule has 1 aromatic heterocycles. The normalized spacial score (nSPS) is 24.0. The molecule has 0 spiro atoms. The highest BCUT2D eigenvalue weighted by Gasteiger charge is 2.29. The van der Waals surface area contributed by atoms with Gasteiger partial charge in [-0.15, -0.1) is 0 Å². The molecule has 2 amide bonds. The quantitative estimate of drug-likeness (QED) is 0.751. The molecule has 2 rings (SSSR count). The van der Waals surface area contributed by atoms with Gasteiger partial charge in [-0.25, -0.2) is 4.79 Å². The van der Waals surface area contributed by atoms with Gasteiger partial charge in [0, 0.05) is 11.3 Å². The van der Waals surface area contributed by atoms with Crippen molar-refractivity contribution < 1.29 is 14.3 Å². The molecule has 124 valence electrons. The van der Waals surface area contributed by atoms with E-state index in [4.69, 9.17) is 4.42 Å². The Morgan fingerprint density at radius 3 is 2.91 bits per heavy atom. The van der Waals surface area contributed by atoms with Crippen LogP contribution in [0, 0.1) is 6.92 Å². The summed E-state index contributed by atoms with van der Waals surface area (Å²) in [5.74, 6) is 2.32. The second kappa shape index (κ2) is 7.42. The first-order chi connectivity index (χ1) is 10.4. The van der Waals surface area contributed by atoms with E-state index in [0.29, 0.717) is 11.0 Å². The minimum Gasteiger partial charge on any atom is -0.463 e. The minimum absolute atomic E-state index is 0.117. The van der Waals surface area contributed by atoms with E-state index < -0.39 is 5.60 Å². The third-order valence-electron chi connectivity index (χ3n) is 3.99. The summed E-state index contributed by atoms with van der Waals surface area (Å²) in [6.45, 7) is 5.74. The molecule has 0 saturated heterocycles. The van der Waals surface area contributed by atoms with E-state index in [0.717, 1.165) is 30.8 Å². The zero-order valence-electron chi connectivity index (χ0n) is 13.5. The molecule has 0 bridgehead atoms. The fourth-order valence-corrected chi connectivity index (χ4v) is 3.90. The Morgan fingerprint density at radius 1 is 1.50 bits per heavy atom. The Bertz CT molecular complexity index is 501. The molecule has 3 unspecified atom stereocenters. The van der Waals surface area contributed by atoms with Crippen molar-refractivity contribution in [3.8, 4) is 0 Å². The van der Waals surface area contributed by atoms with Crippen LogP contribution in [0.5, 0.6) is 0 Å². The molecular formula is C16H26N2O3S. The maximum atomic E-state index is 12.0. The molecule has 1 aromatic rings. The van der Waals surface area contributed by atoms with E-state index in [1.165, 1.54) is 0 Å². The van der Waals surface area contributed by atoms with E-state index >= 15 is 0 Å². The fraction of sp³-hybridized carbons (Fsp3) is 0.688. The molecule has 22 heavy (non-hydrogen) atoms. The first kappa shape index (κ1) is 17.2. The van der Waals surface area contributed by atoms with Crippen LogP contribution in [0.3, 0.4) is 0 Å². The predicted molar refractivity (Wildman–Crippen MR) is 89.1 cm³/mol. The molecule has 0 aromatic carbocycles. The molecule has 0 radical (unpaired) electrons. The van der Waals surface area contributed by atoms with Gasteiger partial charge in [0.1, 0.15) is 17.1 Å². The monoisotopic (exact) mass is 326 g/mol. The van der Waals surface area contributed by atoms with Crippen LogP contribution in [-0.4, -0.2) is 34.7 Å². The number of thioether (sulfide) groups is 1. The van der Waals surface area contributed by atoms with Gasteiger partial charge in [-0.05, 0) is 51.0 Å². The Morgan fingerprint density at radius 2 is 2.27 bits per heavy atom. The number of hydrogen-bond donors (Lipinski definition) is 3. The van der Waals surface area contributed by atoms with Crippen LogP contribution < -0.4 is 10.6 Å². The predicted octanol–water partition coefficient (Wildman–Crippen LogP) is 2.77. The van der Waals surface area contributed by atoms with E-state index in [1.54, 1.807) is 19.1 Å². The number of aryl methyl sites for hydroxylation is 1. The van der Waals surface area contributed by atoms with Crippen molar-refractivity contribution >= 4 is 17.8 Å². The van der Waals surface area contributed by atoms with E-state index in [9.17, 15) is 9.90 Å². The van der Waals surface area contributed by atoms with Crippen LogP contribution in [0.1, 0.15) is 44.6 Å². The maximum absolute atomic E-state index is 12.0. The summed E-state index contributed by atoms with van der Waals surface area (Å²) in [7, 11) is 0. The highest BCUT2D eigenvalue weighted by molar-refractivity contribution is 7.99. The molecule has 6 heteroatoms. The fourth-order valence-electron chi connectivity index (χ4n) is 2.76. The van der Waals surface area contributed by atoms with Crippen molar-refractivity contribution in [2.45, 2.75) is 56.9 Å². The average Bonchev–Trinajstić information content (AvgIpc) is 3.07. The van der Waals surface area contributed by atoms with E-state index in [2.05, 4.69) is 17.6 Å². The first-order valence-corrected chi connectivity index (χ1v) is 8.91. The van der Waals surface area contributed by atoms with Crippen molar-refractivity contribution in [2.24, 2.45) is 0 Å². The smallest absolute Gasteiger partial charge is 0.315 e. The second-order valence-electron chi connectivity index (χ2n) is 6.10. The minimum atomic E-state index is -1.21. The lowest BCUT2D eigenvalue weighted by molar-refractivity contribution is 0.0359. The third kappa shape index (κ3) is 4.68. The van der Waals surface area contributed by atoms with Gasteiger partial charge in [0.25, 0.3) is 0 Å². The van der Waals surface area contributed by atoms with Crippen molar-refractivity contribution in [2.75, 3.05) is 12.3 Å². The lowest BCUT2D eigenvalue weighted by Gasteiger charge is -2.22. The maximum Gasteiger partial charge on any atom is 0.315 e. The number of amides is 2. The molecule has 0 aliphatic heterocycles. The number of carbonyl (C=O) groups is 1. The molecular weight excluding hydrogens is 300 g/mol. The van der Waals surface area contributed by atoms with Gasteiger partial charge >= 0.3 is 6.03 Å². The molecule has 3 N–H and O–H groups in total. The van der Waals surface area contributed by atoms with Gasteiger partial charge in [-0.3, -0.25) is 0 Å². The van der Waals surface area contributed by atoms with E-state index in [1.807, 2.05) is 18.7 Å². The SMILES string of the molecule is CCSC1CCC(NC(=O)NCC(C)(O)c2ccc(C)o2)C1. The summed E-state index contributed by atoms with van der Waals surface area (Å²) >= 11 is 1.96. The number of hydrogen-bond acceptors (Lipinski definition) is 4. The van der Waals surface area contributed by atoms with Crippen LogP contribution in [-0.2, 0) is 5.60 Å². The molecule has 1 saturated carbocycles. The van der Waals surface area contributed by atoms with Gasteiger partial charge in [-0.2, -0.15) is 11.8 Å². The molecule has 1 fully saturated rings. The van der Waals surface area contributed by atoms with E-state index in [-0.39, 0.29) is 18.6 Å². The zero-order chi connectivity index (χ0) is 16.2. The van der Waals surface area contributed by atoms with Crippen molar-refractivity contribution in [1.82, 2.24) is 10.6 Å². The standard InChI is InChI=1S/C16H26N2O3S/c1-4-22-13-7-6-12(9-13)18-15(19)17-10-16(3,20)14-8-5-11(2)21-14/h5,8,12-13,20H,4,6-7,9-10H2,1-3H3,(H2,17,18,19). The van der Waals surface area contributed by atoms with Gasteiger partial charge in [0.2, 0.25) is 0 Å².